The summed E-state index contributed by atoms with van der Waals surface area (Å²) >= 11 is 1.15. The highest BCUT2D eigenvalue weighted by Gasteiger charge is 2.19. The molecule has 0 aliphatic rings. The SMILES string of the molecule is CCOC(=O)Cn1c(=NC(=O)c2cc(OC)c(OC)c(OC)c2)sc2cc(C(=O)OC)ccc21. The first kappa shape index (κ1) is 24.8. The molecule has 0 unspecified atom stereocenters. The van der Waals surface area contributed by atoms with Crippen molar-refractivity contribution >= 4 is 39.4 Å². The minimum absolute atomic E-state index is 0.160. The Bertz CT molecular complexity index is 1280. The van der Waals surface area contributed by atoms with Gasteiger partial charge in [0.05, 0.1) is 50.8 Å². The summed E-state index contributed by atoms with van der Waals surface area (Å²) in [6.07, 6.45) is 0. The molecule has 0 atom stereocenters. The van der Waals surface area contributed by atoms with Gasteiger partial charge in [-0.2, -0.15) is 4.99 Å². The van der Waals surface area contributed by atoms with Crippen LogP contribution in [0.3, 0.4) is 0 Å². The molecule has 1 heterocycles. The van der Waals surface area contributed by atoms with E-state index in [1.165, 1.54) is 40.6 Å². The molecule has 1 aromatic heterocycles. The van der Waals surface area contributed by atoms with Crippen LogP contribution in [0, 0.1) is 0 Å². The number of fused-ring (bicyclic) bond motifs is 1. The van der Waals surface area contributed by atoms with Crippen LogP contribution in [0.15, 0.2) is 35.3 Å². The quantitative estimate of drug-likeness (QED) is 0.445. The fraction of sp³-hybridized carbons (Fsp3) is 0.304. The summed E-state index contributed by atoms with van der Waals surface area (Å²) in [7, 11) is 5.64. The first-order chi connectivity index (χ1) is 16.4. The summed E-state index contributed by atoms with van der Waals surface area (Å²) in [6.45, 7) is 1.76. The number of benzene rings is 2. The van der Waals surface area contributed by atoms with Crippen LogP contribution >= 0.6 is 11.3 Å². The molecule has 0 bridgehead atoms. The number of rotatable bonds is 8. The number of ether oxygens (including phenoxy) is 5. The zero-order chi connectivity index (χ0) is 24.8. The molecule has 3 rings (SSSR count). The first-order valence-corrected chi connectivity index (χ1v) is 10.9. The molecule has 0 aliphatic heterocycles. The standard InChI is InChI=1S/C23H24N2O8S/c1-6-33-19(26)12-25-15-8-7-13(22(28)32-5)11-18(15)34-23(25)24-21(27)14-9-16(29-2)20(31-4)17(10-14)30-3/h7-11H,6,12H2,1-5H3. The van der Waals surface area contributed by atoms with E-state index in [0.717, 1.165) is 11.3 Å². The van der Waals surface area contributed by atoms with Crippen LogP contribution in [0.5, 0.6) is 17.2 Å². The van der Waals surface area contributed by atoms with Gasteiger partial charge in [-0.05, 0) is 37.3 Å². The van der Waals surface area contributed by atoms with Gasteiger partial charge in [0.25, 0.3) is 5.91 Å². The summed E-state index contributed by atoms with van der Waals surface area (Å²) in [6, 6.07) is 7.85. The van der Waals surface area contributed by atoms with Gasteiger partial charge in [0.15, 0.2) is 16.3 Å². The maximum absolute atomic E-state index is 13.1. The average Bonchev–Trinajstić information content (AvgIpc) is 3.18. The Kier molecular flexibility index (Phi) is 7.90. The van der Waals surface area contributed by atoms with Crippen molar-refractivity contribution < 1.29 is 38.1 Å². The number of nitrogens with zero attached hydrogens (tertiary/aromatic N) is 2. The lowest BCUT2D eigenvalue weighted by Crippen LogP contribution is -2.23. The van der Waals surface area contributed by atoms with Crippen LogP contribution in [0.4, 0.5) is 0 Å². The fourth-order valence-electron chi connectivity index (χ4n) is 3.25. The Labute approximate surface area is 199 Å². The number of carbonyl (C=O) groups is 3. The number of aromatic nitrogens is 1. The van der Waals surface area contributed by atoms with E-state index in [1.54, 1.807) is 29.7 Å². The smallest absolute Gasteiger partial charge is 0.337 e. The van der Waals surface area contributed by atoms with E-state index in [4.69, 9.17) is 23.7 Å². The van der Waals surface area contributed by atoms with Crippen LogP contribution < -0.4 is 19.0 Å². The number of methoxy groups -OCH3 is 4. The molecule has 34 heavy (non-hydrogen) atoms. The second kappa shape index (κ2) is 10.8. The van der Waals surface area contributed by atoms with E-state index in [-0.39, 0.29) is 23.5 Å². The van der Waals surface area contributed by atoms with Gasteiger partial charge < -0.3 is 28.3 Å². The molecule has 0 spiro atoms. The normalized spacial score (nSPS) is 11.3. The van der Waals surface area contributed by atoms with Crippen molar-refractivity contribution in [3.8, 4) is 17.2 Å². The summed E-state index contributed by atoms with van der Waals surface area (Å²) in [5.74, 6) is -0.620. The molecule has 3 aromatic rings. The zero-order valence-corrected chi connectivity index (χ0v) is 20.2. The third-order valence-corrected chi connectivity index (χ3v) is 5.85. The Morgan fingerprint density at radius 2 is 1.62 bits per heavy atom. The Hall–Kier alpha value is -3.86. The molecule has 180 valence electrons. The van der Waals surface area contributed by atoms with E-state index in [1.807, 2.05) is 0 Å². The Morgan fingerprint density at radius 3 is 2.18 bits per heavy atom. The van der Waals surface area contributed by atoms with Crippen molar-refractivity contribution in [2.75, 3.05) is 35.0 Å². The van der Waals surface area contributed by atoms with E-state index < -0.39 is 17.8 Å². The van der Waals surface area contributed by atoms with Gasteiger partial charge in [-0.3, -0.25) is 9.59 Å². The molecule has 11 heteroatoms. The lowest BCUT2D eigenvalue weighted by atomic mass is 10.1. The number of carbonyl (C=O) groups excluding carboxylic acids is 3. The maximum atomic E-state index is 13.1. The summed E-state index contributed by atoms with van der Waals surface area (Å²) < 4.78 is 28.0. The van der Waals surface area contributed by atoms with E-state index in [0.29, 0.717) is 33.0 Å². The van der Waals surface area contributed by atoms with Gasteiger partial charge in [-0.15, -0.1) is 0 Å². The largest absolute Gasteiger partial charge is 0.493 e. The fourth-order valence-corrected chi connectivity index (χ4v) is 4.31. The van der Waals surface area contributed by atoms with E-state index >= 15 is 0 Å². The number of esters is 2. The van der Waals surface area contributed by atoms with Gasteiger partial charge >= 0.3 is 11.9 Å². The molecule has 0 saturated heterocycles. The molecule has 1 amide bonds. The number of hydrogen-bond acceptors (Lipinski definition) is 9. The van der Waals surface area contributed by atoms with Gasteiger partial charge in [-0.1, -0.05) is 11.3 Å². The third kappa shape index (κ3) is 5.04. The number of hydrogen-bond donors (Lipinski definition) is 0. The first-order valence-electron chi connectivity index (χ1n) is 10.1. The van der Waals surface area contributed by atoms with Gasteiger partial charge in [0.1, 0.15) is 6.54 Å². The number of thiazole rings is 1. The molecule has 10 nitrogen and oxygen atoms in total. The Balaban J connectivity index is 2.16. The second-order valence-corrected chi connectivity index (χ2v) is 7.79. The van der Waals surface area contributed by atoms with E-state index in [9.17, 15) is 14.4 Å². The molecule has 0 radical (unpaired) electrons. The minimum atomic E-state index is -0.586. The van der Waals surface area contributed by atoms with Crippen molar-refractivity contribution in [1.82, 2.24) is 4.57 Å². The van der Waals surface area contributed by atoms with E-state index in [2.05, 4.69) is 4.99 Å². The minimum Gasteiger partial charge on any atom is -0.493 e. The summed E-state index contributed by atoms with van der Waals surface area (Å²) in [5, 5.41) is 0. The lowest BCUT2D eigenvalue weighted by Gasteiger charge is -2.12. The van der Waals surface area contributed by atoms with Crippen molar-refractivity contribution in [1.29, 1.82) is 0 Å². The predicted molar refractivity (Wildman–Crippen MR) is 124 cm³/mol. The van der Waals surface area contributed by atoms with Crippen LogP contribution in [-0.4, -0.2) is 57.5 Å². The predicted octanol–water partition coefficient (Wildman–Crippen LogP) is 2.82. The third-order valence-electron chi connectivity index (χ3n) is 4.81. The van der Waals surface area contributed by atoms with Crippen molar-refractivity contribution in [2.24, 2.45) is 4.99 Å². The highest BCUT2D eigenvalue weighted by molar-refractivity contribution is 7.16. The number of amides is 1. The molecular formula is C23H24N2O8S. The van der Waals surface area contributed by atoms with Gasteiger partial charge in [0, 0.05) is 5.56 Å². The average molecular weight is 489 g/mol. The van der Waals surface area contributed by atoms with Crippen LogP contribution in [0.1, 0.15) is 27.6 Å². The second-order valence-electron chi connectivity index (χ2n) is 6.78. The topological polar surface area (TPSA) is 115 Å². The molecule has 2 aromatic carbocycles. The lowest BCUT2D eigenvalue weighted by molar-refractivity contribution is -0.143. The molecule has 0 N–H and O–H groups in total. The molecule has 0 fully saturated rings. The zero-order valence-electron chi connectivity index (χ0n) is 19.4. The van der Waals surface area contributed by atoms with Gasteiger partial charge in [0.2, 0.25) is 5.75 Å². The summed E-state index contributed by atoms with van der Waals surface area (Å²) in [4.78, 5) is 41.8. The molecule has 0 aliphatic carbocycles. The van der Waals surface area contributed by atoms with Crippen molar-refractivity contribution in [3.05, 3.63) is 46.3 Å². The van der Waals surface area contributed by atoms with Crippen LogP contribution in [-0.2, 0) is 20.8 Å². The van der Waals surface area contributed by atoms with Crippen molar-refractivity contribution in [3.63, 3.8) is 0 Å². The van der Waals surface area contributed by atoms with Gasteiger partial charge in [-0.25, -0.2) is 4.79 Å². The molecule has 0 saturated carbocycles. The molecular weight excluding hydrogens is 464 g/mol. The highest BCUT2D eigenvalue weighted by Crippen LogP contribution is 2.38. The van der Waals surface area contributed by atoms with Crippen LogP contribution in [0.2, 0.25) is 0 Å². The Morgan fingerprint density at radius 1 is 0.941 bits per heavy atom. The maximum Gasteiger partial charge on any atom is 0.337 e. The summed E-state index contributed by atoms with van der Waals surface area (Å²) in [5.41, 5.74) is 1.15. The monoisotopic (exact) mass is 488 g/mol. The van der Waals surface area contributed by atoms with Crippen LogP contribution in [0.25, 0.3) is 10.2 Å². The highest BCUT2D eigenvalue weighted by atomic mass is 32.1. The van der Waals surface area contributed by atoms with Crippen molar-refractivity contribution in [2.45, 2.75) is 13.5 Å².